The van der Waals surface area contributed by atoms with Crippen LogP contribution < -0.4 is 0 Å². The summed E-state index contributed by atoms with van der Waals surface area (Å²) in [5, 5.41) is 0.900. The van der Waals surface area contributed by atoms with Gasteiger partial charge >= 0.3 is 5.37 Å². The highest BCUT2D eigenvalue weighted by molar-refractivity contribution is 6.62. The summed E-state index contributed by atoms with van der Waals surface area (Å²) in [6.45, 7) is 1.00. The maximum Gasteiger partial charge on any atom is 0.316 e. The summed E-state index contributed by atoms with van der Waals surface area (Å²) in [6.07, 6.45) is -0.295. The second-order valence-corrected chi connectivity index (χ2v) is 6.60. The minimum atomic E-state index is -0.445. The maximum atomic E-state index is 11.1. The van der Waals surface area contributed by atoms with Gasteiger partial charge in [0.15, 0.2) is 0 Å². The molecule has 3 nitrogen and oxygen atoms in total. The van der Waals surface area contributed by atoms with Crippen LogP contribution in [0, 0.1) is 0 Å². The summed E-state index contributed by atoms with van der Waals surface area (Å²) < 4.78 is 6.18. The average Bonchev–Trinajstić information content (AvgIpc) is 2.48. The Bertz CT molecular complexity index is 636. The molecule has 0 spiro atoms. The quantitative estimate of drug-likeness (QED) is 0.551. The number of hydrogen-bond donors (Lipinski definition) is 0. The molecule has 0 aromatic heterocycles. The number of hydrogen-bond acceptors (Lipinski definition) is 2. The van der Waals surface area contributed by atoms with Crippen LogP contribution in [0.3, 0.4) is 0 Å². The first-order valence-corrected chi connectivity index (χ1v) is 8.27. The van der Waals surface area contributed by atoms with Crippen LogP contribution in [0.4, 0.5) is 4.79 Å². The van der Waals surface area contributed by atoms with Gasteiger partial charge in [-0.3, -0.25) is 4.79 Å². The van der Waals surface area contributed by atoms with Crippen molar-refractivity contribution in [3.63, 3.8) is 0 Å². The van der Waals surface area contributed by atoms with Crippen LogP contribution in [0.1, 0.15) is 17.2 Å². The van der Waals surface area contributed by atoms with Gasteiger partial charge in [-0.05, 0) is 47.0 Å². The lowest BCUT2D eigenvalue weighted by atomic mass is 10.0. The zero-order valence-electron chi connectivity index (χ0n) is 12.1. The molecule has 6 heteroatoms. The molecule has 3 rings (SSSR count). The van der Waals surface area contributed by atoms with Crippen LogP contribution in [-0.4, -0.2) is 29.5 Å². The van der Waals surface area contributed by atoms with Crippen molar-refractivity contribution in [1.82, 2.24) is 4.90 Å². The molecule has 2 aromatic carbocycles. The highest BCUT2D eigenvalue weighted by Gasteiger charge is 2.33. The molecule has 0 unspecified atom stereocenters. The van der Waals surface area contributed by atoms with Crippen molar-refractivity contribution in [2.45, 2.75) is 12.2 Å². The Morgan fingerprint density at radius 1 is 0.957 bits per heavy atom. The van der Waals surface area contributed by atoms with E-state index in [1.807, 2.05) is 48.5 Å². The second-order valence-electron chi connectivity index (χ2n) is 5.40. The van der Waals surface area contributed by atoms with Gasteiger partial charge in [-0.15, -0.1) is 0 Å². The third-order valence-electron chi connectivity index (χ3n) is 3.77. The van der Waals surface area contributed by atoms with Gasteiger partial charge in [0.1, 0.15) is 6.10 Å². The number of rotatable bonds is 4. The minimum Gasteiger partial charge on any atom is -0.362 e. The Hall–Kier alpha value is -1.26. The largest absolute Gasteiger partial charge is 0.362 e. The number of carbonyl (C=O) groups excluding carboxylic acids is 1. The Morgan fingerprint density at radius 2 is 1.39 bits per heavy atom. The molecular weight excluding hydrogens is 357 g/mol. The summed E-state index contributed by atoms with van der Waals surface area (Å²) in [5.41, 5.74) is 1.99. The molecule has 0 aliphatic carbocycles. The standard InChI is InChI=1S/C17H14Cl3NO2/c18-13-5-1-11(2-6-13)16(12-3-7-14(19)8-4-12)23-15-9-21(10-15)17(20)22/h1-8,15-16H,9-10H2. The van der Waals surface area contributed by atoms with E-state index < -0.39 is 5.37 Å². The summed E-state index contributed by atoms with van der Waals surface area (Å²) in [5.74, 6) is 0. The first kappa shape index (κ1) is 16.6. The van der Waals surface area contributed by atoms with Crippen molar-refractivity contribution in [3.05, 3.63) is 69.7 Å². The van der Waals surface area contributed by atoms with E-state index in [0.29, 0.717) is 23.1 Å². The Balaban J connectivity index is 1.80. The average molecular weight is 371 g/mol. The van der Waals surface area contributed by atoms with E-state index in [1.165, 1.54) is 4.90 Å². The predicted octanol–water partition coefficient (Wildman–Crippen LogP) is 5.14. The van der Waals surface area contributed by atoms with Gasteiger partial charge in [-0.25, -0.2) is 0 Å². The van der Waals surface area contributed by atoms with Gasteiger partial charge in [-0.1, -0.05) is 47.5 Å². The lowest BCUT2D eigenvalue weighted by molar-refractivity contribution is -0.0613. The van der Waals surface area contributed by atoms with Crippen LogP contribution in [0.2, 0.25) is 10.0 Å². The first-order valence-electron chi connectivity index (χ1n) is 7.14. The van der Waals surface area contributed by atoms with E-state index in [2.05, 4.69) is 0 Å². The third kappa shape index (κ3) is 3.99. The van der Waals surface area contributed by atoms with Crippen molar-refractivity contribution in [1.29, 1.82) is 0 Å². The fourth-order valence-electron chi connectivity index (χ4n) is 2.48. The molecule has 120 valence electrons. The number of carbonyl (C=O) groups is 1. The summed E-state index contributed by atoms with van der Waals surface area (Å²) in [7, 11) is 0. The molecule has 1 fully saturated rings. The van der Waals surface area contributed by atoms with Crippen molar-refractivity contribution >= 4 is 40.2 Å². The number of ether oxygens (including phenoxy) is 1. The SMILES string of the molecule is O=C(Cl)N1CC(OC(c2ccc(Cl)cc2)c2ccc(Cl)cc2)C1. The Morgan fingerprint density at radius 3 is 1.78 bits per heavy atom. The maximum absolute atomic E-state index is 11.1. The van der Waals surface area contributed by atoms with Crippen molar-refractivity contribution in [3.8, 4) is 0 Å². The van der Waals surface area contributed by atoms with E-state index in [4.69, 9.17) is 39.5 Å². The zero-order chi connectivity index (χ0) is 16.4. The number of halogens is 3. The molecule has 23 heavy (non-hydrogen) atoms. The highest BCUT2D eigenvalue weighted by atomic mass is 35.5. The van der Waals surface area contributed by atoms with Gasteiger partial charge in [0.25, 0.3) is 0 Å². The van der Waals surface area contributed by atoms with E-state index in [0.717, 1.165) is 11.1 Å². The number of benzene rings is 2. The van der Waals surface area contributed by atoms with Gasteiger partial charge in [0.05, 0.1) is 6.10 Å². The van der Waals surface area contributed by atoms with E-state index >= 15 is 0 Å². The van der Waals surface area contributed by atoms with Crippen molar-refractivity contribution in [2.24, 2.45) is 0 Å². The molecule has 1 amide bonds. The molecule has 0 N–H and O–H groups in total. The molecule has 0 radical (unpaired) electrons. The highest BCUT2D eigenvalue weighted by Crippen LogP contribution is 2.31. The number of likely N-dealkylation sites (tertiary alicyclic amines) is 1. The van der Waals surface area contributed by atoms with Gasteiger partial charge < -0.3 is 9.64 Å². The number of amides is 1. The lowest BCUT2D eigenvalue weighted by Gasteiger charge is -2.39. The molecule has 0 atom stereocenters. The van der Waals surface area contributed by atoms with Crippen molar-refractivity contribution in [2.75, 3.05) is 13.1 Å². The van der Waals surface area contributed by atoms with Crippen LogP contribution in [0.5, 0.6) is 0 Å². The molecule has 1 saturated heterocycles. The molecule has 2 aromatic rings. The fraction of sp³-hybridized carbons (Fsp3) is 0.235. The van der Waals surface area contributed by atoms with Crippen LogP contribution in [0.25, 0.3) is 0 Å². The predicted molar refractivity (Wildman–Crippen MR) is 92.4 cm³/mol. The van der Waals surface area contributed by atoms with Gasteiger partial charge in [0, 0.05) is 23.1 Å². The third-order valence-corrected chi connectivity index (χ3v) is 4.51. The van der Waals surface area contributed by atoms with Gasteiger partial charge in [-0.2, -0.15) is 0 Å². The lowest BCUT2D eigenvalue weighted by Crippen LogP contribution is -2.53. The first-order chi connectivity index (χ1) is 11.0. The molecule has 1 heterocycles. The van der Waals surface area contributed by atoms with Crippen LogP contribution in [0.15, 0.2) is 48.5 Å². The number of nitrogens with zero attached hydrogens (tertiary/aromatic N) is 1. The summed E-state index contributed by atoms with van der Waals surface area (Å²) >= 11 is 17.4. The van der Waals surface area contributed by atoms with E-state index in [-0.39, 0.29) is 12.2 Å². The minimum absolute atomic E-state index is 0.0472. The normalized spacial score (nSPS) is 14.9. The topological polar surface area (TPSA) is 29.5 Å². The summed E-state index contributed by atoms with van der Waals surface area (Å²) in [6, 6.07) is 15.1. The van der Waals surface area contributed by atoms with Crippen LogP contribution >= 0.6 is 34.8 Å². The second kappa shape index (κ2) is 7.10. The van der Waals surface area contributed by atoms with Crippen molar-refractivity contribution < 1.29 is 9.53 Å². The smallest absolute Gasteiger partial charge is 0.316 e. The van der Waals surface area contributed by atoms with E-state index in [1.54, 1.807) is 0 Å². The fourth-order valence-corrected chi connectivity index (χ4v) is 2.87. The summed E-state index contributed by atoms with van der Waals surface area (Å²) in [4.78, 5) is 12.6. The van der Waals surface area contributed by atoms with E-state index in [9.17, 15) is 4.79 Å². The molecule has 0 bridgehead atoms. The molecular formula is C17H14Cl3NO2. The Kier molecular flexibility index (Phi) is 5.12. The van der Waals surface area contributed by atoms with Gasteiger partial charge in [0.2, 0.25) is 0 Å². The zero-order valence-corrected chi connectivity index (χ0v) is 14.4. The Labute approximate surface area is 149 Å². The molecule has 0 saturated carbocycles. The van der Waals surface area contributed by atoms with Crippen LogP contribution in [-0.2, 0) is 4.74 Å². The monoisotopic (exact) mass is 369 g/mol. The molecule has 1 aliphatic rings. The molecule has 1 aliphatic heterocycles.